The van der Waals surface area contributed by atoms with E-state index in [0.717, 1.165) is 0 Å². The molecule has 1 heterocycles. The minimum atomic E-state index is -0.641. The highest BCUT2D eigenvalue weighted by Crippen LogP contribution is 2.36. The van der Waals surface area contributed by atoms with Crippen molar-refractivity contribution in [1.82, 2.24) is 5.32 Å². The van der Waals surface area contributed by atoms with Gasteiger partial charge in [0.2, 0.25) is 5.91 Å². The van der Waals surface area contributed by atoms with Gasteiger partial charge >= 0.3 is 5.97 Å². The minimum Gasteiger partial charge on any atom is -0.441 e. The average Bonchev–Trinajstić information content (AvgIpc) is 2.11. The molecular weight excluding hydrogens is 262 g/mol. The topological polar surface area (TPSA) is 64.6 Å². The largest absolute Gasteiger partial charge is 0.441 e. The summed E-state index contributed by atoms with van der Waals surface area (Å²) in [5.41, 5.74) is -0.333. The lowest BCUT2D eigenvalue weighted by Crippen LogP contribution is -2.65. The predicted octanol–water partition coefficient (Wildman–Crippen LogP) is 0.967. The molecule has 1 fully saturated rings. The second-order valence-corrected chi connectivity index (χ2v) is 9.88. The number of rotatable bonds is 5. The monoisotopic (exact) mass is 287 g/mol. The summed E-state index contributed by atoms with van der Waals surface area (Å²) in [6.07, 6.45) is -0.514. The van der Waals surface area contributed by atoms with Gasteiger partial charge in [-0.2, -0.15) is 0 Å². The van der Waals surface area contributed by atoms with Crippen LogP contribution >= 0.6 is 0 Å². The van der Waals surface area contributed by atoms with Crippen LogP contribution in [0.4, 0.5) is 0 Å². The maximum atomic E-state index is 11.7. The SMILES string of the molecule is CC(=O)O[C@H]1NC(=O)[C@@H]1C(C)(C)CO[SiH2]C(C)(C)C. The predicted molar refractivity (Wildman–Crippen MR) is 75.2 cm³/mol. The number of hydrogen-bond donors (Lipinski definition) is 1. The smallest absolute Gasteiger partial charge is 0.304 e. The van der Waals surface area contributed by atoms with Crippen LogP contribution in [0.2, 0.25) is 5.04 Å². The fourth-order valence-electron chi connectivity index (χ4n) is 2.11. The summed E-state index contributed by atoms with van der Waals surface area (Å²) in [7, 11) is -0.641. The van der Waals surface area contributed by atoms with Crippen LogP contribution in [0.1, 0.15) is 41.5 Å². The molecule has 1 aliphatic rings. The molecular formula is C13H25NO4Si. The lowest BCUT2D eigenvalue weighted by molar-refractivity contribution is -0.176. The highest BCUT2D eigenvalue weighted by atomic mass is 28.2. The molecule has 1 amide bonds. The molecule has 1 rings (SSSR count). The van der Waals surface area contributed by atoms with Crippen LogP contribution in [0.3, 0.4) is 0 Å². The van der Waals surface area contributed by atoms with Crippen molar-refractivity contribution in [1.29, 1.82) is 0 Å². The van der Waals surface area contributed by atoms with E-state index in [4.69, 9.17) is 9.16 Å². The first-order valence-electron chi connectivity index (χ1n) is 6.58. The van der Waals surface area contributed by atoms with E-state index in [1.54, 1.807) is 0 Å². The zero-order chi connectivity index (χ0) is 14.8. The Labute approximate surface area is 117 Å². The number of nitrogens with one attached hydrogen (secondary N) is 1. The molecule has 0 aromatic carbocycles. The van der Waals surface area contributed by atoms with Crippen LogP contribution < -0.4 is 5.32 Å². The number of β-lactam (4-membered cyclic amide) rings is 1. The highest BCUT2D eigenvalue weighted by molar-refractivity contribution is 6.31. The molecule has 1 aliphatic heterocycles. The van der Waals surface area contributed by atoms with Crippen LogP contribution in [-0.4, -0.2) is 34.5 Å². The van der Waals surface area contributed by atoms with Gasteiger partial charge in [-0.05, 0) is 5.04 Å². The van der Waals surface area contributed by atoms with Gasteiger partial charge in [-0.15, -0.1) is 0 Å². The van der Waals surface area contributed by atoms with E-state index < -0.39 is 16.0 Å². The summed E-state index contributed by atoms with van der Waals surface area (Å²) in [5.74, 6) is -0.779. The zero-order valence-corrected chi connectivity index (χ0v) is 14.1. The summed E-state index contributed by atoms with van der Waals surface area (Å²) >= 11 is 0. The third-order valence-electron chi connectivity index (χ3n) is 3.01. The molecule has 6 heteroatoms. The molecule has 1 saturated heterocycles. The Morgan fingerprint density at radius 3 is 2.32 bits per heavy atom. The van der Waals surface area contributed by atoms with Crippen LogP contribution in [0.25, 0.3) is 0 Å². The Hall–Kier alpha value is -0.883. The molecule has 0 radical (unpaired) electrons. The van der Waals surface area contributed by atoms with Crippen molar-refractivity contribution in [3.63, 3.8) is 0 Å². The number of amides is 1. The van der Waals surface area contributed by atoms with Crippen molar-refractivity contribution >= 4 is 21.6 Å². The van der Waals surface area contributed by atoms with Crippen molar-refractivity contribution in [3.05, 3.63) is 0 Å². The minimum absolute atomic E-state index is 0.0720. The van der Waals surface area contributed by atoms with Gasteiger partial charge in [0, 0.05) is 18.9 Å². The first-order valence-corrected chi connectivity index (χ1v) is 7.87. The fraction of sp³-hybridized carbons (Fsp3) is 0.846. The van der Waals surface area contributed by atoms with Crippen LogP contribution in [0, 0.1) is 11.3 Å². The molecule has 0 aromatic heterocycles. The van der Waals surface area contributed by atoms with Gasteiger partial charge in [0.05, 0.1) is 0 Å². The molecule has 1 N–H and O–H groups in total. The van der Waals surface area contributed by atoms with Gasteiger partial charge < -0.3 is 14.5 Å². The second kappa shape index (κ2) is 5.62. The number of esters is 1. The second-order valence-electron chi connectivity index (χ2n) is 7.06. The van der Waals surface area contributed by atoms with E-state index in [1.807, 2.05) is 13.8 Å². The first-order chi connectivity index (χ1) is 8.53. The quantitative estimate of drug-likeness (QED) is 0.465. The standard InChI is InChI=1S/C13H25NO4Si/c1-8(15)18-11-9(10(16)14-11)13(5,6)7-17-19-12(2,3)4/h9,11H,7,19H2,1-6H3,(H,14,16)/t9-,11+/m0/s1. The average molecular weight is 287 g/mol. The van der Waals surface area contributed by atoms with E-state index in [2.05, 4.69) is 26.1 Å². The number of ether oxygens (including phenoxy) is 1. The Balaban J connectivity index is 2.55. The van der Waals surface area contributed by atoms with Crippen LogP contribution in [0.15, 0.2) is 0 Å². The van der Waals surface area contributed by atoms with Gasteiger partial charge in [-0.3, -0.25) is 9.59 Å². The first kappa shape index (κ1) is 16.2. The van der Waals surface area contributed by atoms with Crippen molar-refractivity contribution in [2.24, 2.45) is 11.3 Å². The van der Waals surface area contributed by atoms with E-state index >= 15 is 0 Å². The molecule has 0 saturated carbocycles. The molecule has 110 valence electrons. The van der Waals surface area contributed by atoms with Crippen molar-refractivity contribution in [2.45, 2.75) is 52.8 Å². The molecule has 19 heavy (non-hydrogen) atoms. The molecule has 0 unspecified atom stereocenters. The highest BCUT2D eigenvalue weighted by Gasteiger charge is 2.51. The normalized spacial score (nSPS) is 24.2. The van der Waals surface area contributed by atoms with Gasteiger partial charge in [0.25, 0.3) is 0 Å². The summed E-state index contributed by atoms with van der Waals surface area (Å²) in [5, 5.41) is 2.84. The Morgan fingerprint density at radius 2 is 1.89 bits per heavy atom. The Morgan fingerprint density at radius 1 is 1.32 bits per heavy atom. The fourth-order valence-corrected chi connectivity index (χ4v) is 3.35. The molecule has 0 aromatic rings. The Bertz CT molecular complexity index is 362. The van der Waals surface area contributed by atoms with Crippen LogP contribution in [0.5, 0.6) is 0 Å². The van der Waals surface area contributed by atoms with Crippen molar-refractivity contribution in [2.75, 3.05) is 6.61 Å². The summed E-state index contributed by atoms with van der Waals surface area (Å²) in [6.45, 7) is 12.3. The third-order valence-corrected chi connectivity index (χ3v) is 4.29. The van der Waals surface area contributed by atoms with Gasteiger partial charge in [-0.1, -0.05) is 34.6 Å². The summed E-state index contributed by atoms with van der Waals surface area (Å²) in [4.78, 5) is 22.7. The molecule has 2 atom stereocenters. The zero-order valence-electron chi connectivity index (χ0n) is 12.7. The van der Waals surface area contributed by atoms with Crippen molar-refractivity contribution in [3.8, 4) is 0 Å². The van der Waals surface area contributed by atoms with Gasteiger partial charge in [0.15, 0.2) is 16.0 Å². The van der Waals surface area contributed by atoms with Crippen LogP contribution in [-0.2, 0) is 18.8 Å². The van der Waals surface area contributed by atoms with E-state index in [-0.39, 0.29) is 28.2 Å². The number of carbonyl (C=O) groups excluding carboxylic acids is 2. The number of hydrogen-bond acceptors (Lipinski definition) is 4. The molecule has 0 bridgehead atoms. The number of carbonyl (C=O) groups is 2. The van der Waals surface area contributed by atoms with Crippen molar-refractivity contribution < 1.29 is 18.8 Å². The lowest BCUT2D eigenvalue weighted by Gasteiger charge is -2.44. The maximum Gasteiger partial charge on any atom is 0.304 e. The lowest BCUT2D eigenvalue weighted by atomic mass is 9.74. The maximum absolute atomic E-state index is 11.7. The summed E-state index contributed by atoms with van der Waals surface area (Å²) < 4.78 is 10.9. The third kappa shape index (κ3) is 4.61. The summed E-state index contributed by atoms with van der Waals surface area (Å²) in [6, 6.07) is 0. The van der Waals surface area contributed by atoms with Gasteiger partial charge in [-0.25, -0.2) is 0 Å². The van der Waals surface area contributed by atoms with E-state index in [9.17, 15) is 9.59 Å². The molecule has 0 spiro atoms. The molecule has 5 nitrogen and oxygen atoms in total. The molecule has 0 aliphatic carbocycles. The van der Waals surface area contributed by atoms with Gasteiger partial charge in [0.1, 0.15) is 5.92 Å². The Kier molecular flexibility index (Phi) is 4.79. The van der Waals surface area contributed by atoms with E-state index in [0.29, 0.717) is 6.61 Å². The van der Waals surface area contributed by atoms with E-state index in [1.165, 1.54) is 6.92 Å².